The van der Waals surface area contributed by atoms with Crippen LogP contribution in [-0.4, -0.2) is 6.04 Å². The number of hydrogen-bond acceptors (Lipinski definition) is 4. The van der Waals surface area contributed by atoms with Crippen LogP contribution in [0.1, 0.15) is 40.7 Å². The quantitative estimate of drug-likeness (QED) is 0.0901. The average Bonchev–Trinajstić information content (AvgIpc) is 1.61. The summed E-state index contributed by atoms with van der Waals surface area (Å²) in [7, 11) is 0. The van der Waals surface area contributed by atoms with E-state index in [0.717, 1.165) is 155 Å². The van der Waals surface area contributed by atoms with Crippen molar-refractivity contribution >= 4 is 132 Å². The maximum atomic E-state index is 8.21. The minimum Gasteiger partial charge on any atom is -0.455 e. The molecule has 2 aliphatic carbocycles. The van der Waals surface area contributed by atoms with E-state index >= 15 is 0 Å². The van der Waals surface area contributed by atoms with Gasteiger partial charge in [-0.1, -0.05) is 303 Å². The lowest BCUT2D eigenvalue weighted by Gasteiger charge is -2.37. The van der Waals surface area contributed by atoms with Crippen LogP contribution < -0.4 is 9.80 Å². The lowest BCUT2D eigenvalue weighted by Crippen LogP contribution is -2.34. The van der Waals surface area contributed by atoms with Gasteiger partial charge >= 0.3 is 0 Å². The molecule has 109 heavy (non-hydrogen) atoms. The summed E-state index contributed by atoms with van der Waals surface area (Å²) in [6, 6.07) is 114. The number of furan rings is 2. The number of aryl methyl sites for hydroxylation is 1. The highest BCUT2D eigenvalue weighted by atomic mass is 16.3. The molecule has 0 bridgehead atoms. The molecule has 2 atom stereocenters. The Morgan fingerprint density at radius 1 is 0.422 bits per heavy atom. The first-order chi connectivity index (χ1) is 53.9. The van der Waals surface area contributed by atoms with Gasteiger partial charge in [0.15, 0.2) is 0 Å². The van der Waals surface area contributed by atoms with E-state index < -0.39 is 0 Å². The molecule has 2 unspecified atom stereocenters. The Hall–Kier alpha value is -13.8. The molecule has 0 saturated carbocycles. The Labute approximate surface area is 632 Å². The van der Waals surface area contributed by atoms with Crippen molar-refractivity contribution in [1.29, 1.82) is 0 Å². The maximum Gasteiger partial charge on any atom is 0.146 e. The van der Waals surface area contributed by atoms with E-state index in [9.17, 15) is 0 Å². The third-order valence-electron chi connectivity index (χ3n) is 23.1. The molecule has 4 heteroatoms. The standard InChI is InChI=1S/C105H72N2O2/c1-4-26-85-80(5-2)83-52-46-65(3)55-77(83)60-90(85)76-50-53-88-97(63-76)108-105-99-78(62-96(101(88)105)107(94-45-22-37-75-57-70-35-18-19-36-71(70)59-91(75)94)79-51-49-73-56-72(47-48-74(73)58-79)66-27-10-6-11-28-66)61-95(106-54-25-43-87-82(40-24-44-93(87)106)68-31-14-8-15-32-68)100-92(86-39-21-20-38-81(86)67-29-12-7-13-30-67)64-98-102(103(99)100)89-42-23-41-84(104(89)109-98)69-33-16-9-17-34-69/h4-59,61-64,90,93H,2,60H2,1,3H3/b26-4-. The van der Waals surface area contributed by atoms with Crippen molar-refractivity contribution in [2.45, 2.75) is 32.2 Å². The number of para-hydroxylation sites is 1. The zero-order chi connectivity index (χ0) is 72.4. The third-order valence-corrected chi connectivity index (χ3v) is 23.1. The summed E-state index contributed by atoms with van der Waals surface area (Å²) in [5.74, 6) is 0.00308. The van der Waals surface area contributed by atoms with Crippen LogP contribution in [0.25, 0.3) is 153 Å². The zero-order valence-electron chi connectivity index (χ0n) is 60.4. The third kappa shape index (κ3) is 10.4. The van der Waals surface area contributed by atoms with E-state index in [2.05, 4.69) is 394 Å². The maximum absolute atomic E-state index is 8.21. The van der Waals surface area contributed by atoms with E-state index in [-0.39, 0.29) is 12.0 Å². The molecular weight excluding hydrogens is 1320 g/mol. The normalized spacial score (nSPS) is 15.0. The van der Waals surface area contributed by atoms with Crippen LogP contribution in [0, 0.1) is 6.92 Å². The Morgan fingerprint density at radius 3 is 1.89 bits per heavy atom. The Bertz CT molecular complexity index is 7040. The second-order valence-corrected chi connectivity index (χ2v) is 29.3. The fourth-order valence-electron chi connectivity index (χ4n) is 18.2. The molecule has 18 aromatic rings. The van der Waals surface area contributed by atoms with Crippen LogP contribution in [0.3, 0.4) is 0 Å². The van der Waals surface area contributed by atoms with Gasteiger partial charge in [-0.15, -0.1) is 0 Å². The average molecular weight is 1390 g/mol. The van der Waals surface area contributed by atoms with Crippen molar-refractivity contribution in [3.63, 3.8) is 0 Å². The second-order valence-electron chi connectivity index (χ2n) is 29.3. The van der Waals surface area contributed by atoms with Crippen LogP contribution in [0.2, 0.25) is 0 Å². The number of anilines is 4. The number of fused-ring (bicyclic) bond motifs is 16. The lowest BCUT2D eigenvalue weighted by molar-refractivity contribution is 0.670. The zero-order valence-corrected chi connectivity index (χ0v) is 60.4. The van der Waals surface area contributed by atoms with Crippen molar-refractivity contribution in [3.05, 3.63) is 410 Å². The first kappa shape index (κ1) is 63.7. The van der Waals surface area contributed by atoms with Gasteiger partial charge in [0.1, 0.15) is 22.3 Å². The number of allylic oxidation sites excluding steroid dienone is 9. The minimum absolute atomic E-state index is 0.00308. The number of rotatable bonds is 12. The molecule has 0 spiro atoms. The SMILES string of the molecule is C=CC1=C(/C=C\C)C(c2ccc3c(c2)oc2c3c(N(c3ccc4cc(-c5ccccc5)ccc4c3)c3cccc4cc5ccccc5cc34)cc3cc(N4C=CC=C5C(c6ccccc6)=CC=CC54)c4c(-c5ccccc5-c5ccccc5)cc5oc6c(-c7ccccc7)cccc6c5c4c32)Cc2cc(C)ccc21. The summed E-state index contributed by atoms with van der Waals surface area (Å²) in [4.78, 5) is 5.08. The number of benzene rings is 16. The van der Waals surface area contributed by atoms with E-state index in [1.165, 1.54) is 66.4 Å². The molecule has 4 nitrogen and oxygen atoms in total. The fourth-order valence-corrected chi connectivity index (χ4v) is 18.2. The van der Waals surface area contributed by atoms with Crippen LogP contribution in [-0.2, 0) is 6.42 Å². The molecule has 0 saturated heterocycles. The smallest absolute Gasteiger partial charge is 0.146 e. The second kappa shape index (κ2) is 25.8. The molecule has 514 valence electrons. The molecule has 3 aliphatic rings. The predicted octanol–water partition coefficient (Wildman–Crippen LogP) is 28.8. The first-order valence-corrected chi connectivity index (χ1v) is 37.9. The first-order valence-electron chi connectivity index (χ1n) is 37.9. The highest BCUT2D eigenvalue weighted by Gasteiger charge is 2.35. The summed E-state index contributed by atoms with van der Waals surface area (Å²) in [5, 5.41) is 15.1. The molecule has 0 fully saturated rings. The molecule has 1 aliphatic heterocycles. The summed E-state index contributed by atoms with van der Waals surface area (Å²) in [6.07, 6.45) is 21.1. The van der Waals surface area contributed by atoms with Gasteiger partial charge in [-0.2, -0.15) is 0 Å². The fraction of sp³-hybridized carbons (Fsp3) is 0.0476. The largest absolute Gasteiger partial charge is 0.455 e. The van der Waals surface area contributed by atoms with Crippen LogP contribution in [0.5, 0.6) is 0 Å². The Morgan fingerprint density at radius 2 is 1.10 bits per heavy atom. The Balaban J connectivity index is 0.941. The molecule has 2 aromatic heterocycles. The van der Waals surface area contributed by atoms with E-state index in [4.69, 9.17) is 8.83 Å². The van der Waals surface area contributed by atoms with E-state index in [0.29, 0.717) is 0 Å². The predicted molar refractivity (Wildman–Crippen MR) is 462 cm³/mol. The monoisotopic (exact) mass is 1390 g/mol. The summed E-state index contributed by atoms with van der Waals surface area (Å²) in [6.45, 7) is 8.80. The van der Waals surface area contributed by atoms with Gasteiger partial charge < -0.3 is 18.6 Å². The van der Waals surface area contributed by atoms with Gasteiger partial charge in [-0.3, -0.25) is 0 Å². The van der Waals surface area contributed by atoms with Crippen LogP contribution in [0.4, 0.5) is 22.7 Å². The van der Waals surface area contributed by atoms with Gasteiger partial charge in [0.2, 0.25) is 0 Å². The van der Waals surface area contributed by atoms with Crippen molar-refractivity contribution in [1.82, 2.24) is 0 Å². The molecule has 0 radical (unpaired) electrons. The topological polar surface area (TPSA) is 32.8 Å². The summed E-state index contributed by atoms with van der Waals surface area (Å²) < 4.78 is 15.9. The van der Waals surface area contributed by atoms with E-state index in [1.807, 2.05) is 0 Å². The summed E-state index contributed by atoms with van der Waals surface area (Å²) >= 11 is 0. The molecule has 21 rings (SSSR count). The van der Waals surface area contributed by atoms with E-state index in [1.54, 1.807) is 0 Å². The van der Waals surface area contributed by atoms with Gasteiger partial charge in [0, 0.05) is 61.1 Å². The van der Waals surface area contributed by atoms with Gasteiger partial charge in [0.05, 0.1) is 28.5 Å². The number of nitrogens with zero attached hydrogens (tertiary/aromatic N) is 2. The van der Waals surface area contributed by atoms with Crippen LogP contribution >= 0.6 is 0 Å². The highest BCUT2D eigenvalue weighted by Crippen LogP contribution is 2.57. The Kier molecular flexibility index (Phi) is 15.0. The van der Waals surface area contributed by atoms with Crippen molar-refractivity contribution in [3.8, 4) is 44.5 Å². The number of hydrogen-bond donors (Lipinski definition) is 0. The molecule has 3 heterocycles. The molecule has 0 N–H and O–H groups in total. The molecule has 16 aromatic carbocycles. The van der Waals surface area contributed by atoms with Gasteiger partial charge in [-0.05, 0) is 203 Å². The van der Waals surface area contributed by atoms with Crippen molar-refractivity contribution in [2.75, 3.05) is 9.80 Å². The minimum atomic E-state index is -0.196. The van der Waals surface area contributed by atoms with Crippen molar-refractivity contribution < 1.29 is 8.83 Å². The summed E-state index contributed by atoms with van der Waals surface area (Å²) in [5.41, 5.74) is 27.1. The van der Waals surface area contributed by atoms with Gasteiger partial charge in [-0.25, -0.2) is 0 Å². The molecular formula is C105H72N2O2. The van der Waals surface area contributed by atoms with Crippen LogP contribution in [0.15, 0.2) is 391 Å². The highest BCUT2D eigenvalue weighted by molar-refractivity contribution is 6.39. The lowest BCUT2D eigenvalue weighted by atomic mass is 9.75. The molecule has 0 amide bonds. The van der Waals surface area contributed by atoms with Crippen molar-refractivity contribution in [2.24, 2.45) is 0 Å². The van der Waals surface area contributed by atoms with Gasteiger partial charge in [0.25, 0.3) is 0 Å².